The smallest absolute Gasteiger partial charge is 0.343 e. The maximum Gasteiger partial charge on any atom is 0.343 e. The fraction of sp³-hybridized carbons (Fsp3) is 0.250. The molecule has 2 aromatic rings. The van der Waals surface area contributed by atoms with Crippen LogP contribution in [0.15, 0.2) is 22.0 Å². The van der Waals surface area contributed by atoms with E-state index in [2.05, 4.69) is 10.5 Å². The number of hydrogen-bond donors (Lipinski definition) is 2. The third-order valence-electron chi connectivity index (χ3n) is 2.39. The van der Waals surface area contributed by atoms with Crippen molar-refractivity contribution in [2.45, 2.75) is 19.8 Å². The molecule has 0 atom stereocenters. The van der Waals surface area contributed by atoms with E-state index in [0.29, 0.717) is 17.7 Å². The van der Waals surface area contributed by atoms with Crippen molar-refractivity contribution < 1.29 is 19.2 Å². The van der Waals surface area contributed by atoms with E-state index >= 15 is 0 Å². The summed E-state index contributed by atoms with van der Waals surface area (Å²) in [7, 11) is 0. The standard InChI is InChI=1S/C12H12N2O4S/c1-2-4-8(15)13-11-9(12(16)17)10(14-18-11)7-5-3-6-19-7/h3,5-6H,2,4H2,1H3,(H,13,15)(H,16,17). The van der Waals surface area contributed by atoms with Crippen LogP contribution in [0.25, 0.3) is 10.6 Å². The molecule has 0 aliphatic carbocycles. The molecule has 0 spiro atoms. The van der Waals surface area contributed by atoms with Gasteiger partial charge in [0, 0.05) is 6.42 Å². The number of carbonyl (C=O) groups is 2. The van der Waals surface area contributed by atoms with E-state index in [4.69, 9.17) is 4.52 Å². The zero-order valence-electron chi connectivity index (χ0n) is 10.2. The molecule has 7 heteroatoms. The molecular weight excluding hydrogens is 268 g/mol. The van der Waals surface area contributed by atoms with Crippen LogP contribution in [0.4, 0.5) is 5.88 Å². The average molecular weight is 280 g/mol. The SMILES string of the molecule is CCCC(=O)Nc1onc(-c2cccs2)c1C(=O)O. The van der Waals surface area contributed by atoms with Crippen molar-refractivity contribution in [3.63, 3.8) is 0 Å². The lowest BCUT2D eigenvalue weighted by molar-refractivity contribution is -0.116. The summed E-state index contributed by atoms with van der Waals surface area (Å²) in [5.41, 5.74) is 0.112. The lowest BCUT2D eigenvalue weighted by Crippen LogP contribution is -2.12. The molecule has 0 unspecified atom stereocenters. The largest absolute Gasteiger partial charge is 0.477 e. The first kappa shape index (κ1) is 13.3. The van der Waals surface area contributed by atoms with Crippen LogP contribution in [-0.2, 0) is 4.79 Å². The Morgan fingerprint density at radius 3 is 2.89 bits per heavy atom. The third-order valence-corrected chi connectivity index (χ3v) is 3.27. The van der Waals surface area contributed by atoms with E-state index in [9.17, 15) is 14.7 Å². The van der Waals surface area contributed by atoms with Gasteiger partial charge >= 0.3 is 5.97 Å². The van der Waals surface area contributed by atoms with Gasteiger partial charge in [-0.3, -0.25) is 10.1 Å². The lowest BCUT2D eigenvalue weighted by atomic mass is 10.2. The van der Waals surface area contributed by atoms with Gasteiger partial charge in [0.1, 0.15) is 5.69 Å². The first-order chi connectivity index (χ1) is 9.13. The number of nitrogens with zero attached hydrogens (tertiary/aromatic N) is 1. The first-order valence-corrected chi connectivity index (χ1v) is 6.58. The number of hydrogen-bond acceptors (Lipinski definition) is 5. The van der Waals surface area contributed by atoms with Crippen LogP contribution in [0.5, 0.6) is 0 Å². The Hall–Kier alpha value is -2.15. The number of amides is 1. The molecule has 2 aromatic heterocycles. The lowest BCUT2D eigenvalue weighted by Gasteiger charge is -2.00. The Kier molecular flexibility index (Phi) is 3.96. The van der Waals surface area contributed by atoms with Crippen LogP contribution in [-0.4, -0.2) is 22.1 Å². The minimum absolute atomic E-state index is 0.116. The maximum absolute atomic E-state index is 11.5. The van der Waals surface area contributed by atoms with Gasteiger partial charge in [0.15, 0.2) is 5.56 Å². The van der Waals surface area contributed by atoms with Gasteiger partial charge in [-0.2, -0.15) is 0 Å². The summed E-state index contributed by atoms with van der Waals surface area (Å²) in [4.78, 5) is 23.5. The number of carboxylic acid groups (broad SMARTS) is 1. The van der Waals surface area contributed by atoms with Crippen LogP contribution < -0.4 is 5.32 Å². The van der Waals surface area contributed by atoms with Gasteiger partial charge in [0.25, 0.3) is 0 Å². The highest BCUT2D eigenvalue weighted by Crippen LogP contribution is 2.31. The molecule has 2 rings (SSSR count). The van der Waals surface area contributed by atoms with E-state index in [1.54, 1.807) is 12.1 Å². The molecule has 0 fully saturated rings. The van der Waals surface area contributed by atoms with Gasteiger partial charge in [-0.05, 0) is 17.9 Å². The van der Waals surface area contributed by atoms with Crippen LogP contribution in [0.1, 0.15) is 30.1 Å². The monoisotopic (exact) mass is 280 g/mol. The second-order valence-electron chi connectivity index (χ2n) is 3.82. The zero-order chi connectivity index (χ0) is 13.8. The Morgan fingerprint density at radius 2 is 2.32 bits per heavy atom. The Morgan fingerprint density at radius 1 is 1.53 bits per heavy atom. The molecule has 0 aliphatic heterocycles. The van der Waals surface area contributed by atoms with Gasteiger partial charge in [-0.15, -0.1) is 11.3 Å². The van der Waals surface area contributed by atoms with Crippen LogP contribution in [0.2, 0.25) is 0 Å². The molecule has 100 valence electrons. The summed E-state index contributed by atoms with van der Waals surface area (Å²) >= 11 is 1.35. The number of thiophene rings is 1. The molecule has 0 saturated carbocycles. The van der Waals surface area contributed by atoms with Gasteiger partial charge in [-0.1, -0.05) is 18.1 Å². The van der Waals surface area contributed by atoms with Gasteiger partial charge in [0.2, 0.25) is 11.8 Å². The van der Waals surface area contributed by atoms with Gasteiger partial charge in [-0.25, -0.2) is 4.79 Å². The number of rotatable bonds is 5. The summed E-state index contributed by atoms with van der Waals surface area (Å²) in [6.45, 7) is 1.86. The fourth-order valence-electron chi connectivity index (χ4n) is 1.57. The summed E-state index contributed by atoms with van der Waals surface area (Å²) in [5, 5.41) is 17.2. The Labute approximate surface area is 113 Å². The molecule has 2 N–H and O–H groups in total. The average Bonchev–Trinajstić information content (AvgIpc) is 2.96. The van der Waals surface area contributed by atoms with Gasteiger partial charge in [0.05, 0.1) is 4.88 Å². The predicted molar refractivity (Wildman–Crippen MR) is 70.3 cm³/mol. The predicted octanol–water partition coefficient (Wildman–Crippen LogP) is 2.84. The van der Waals surface area contributed by atoms with Crippen molar-refractivity contribution in [3.05, 3.63) is 23.1 Å². The minimum Gasteiger partial charge on any atom is -0.477 e. The van der Waals surface area contributed by atoms with E-state index in [-0.39, 0.29) is 23.0 Å². The normalized spacial score (nSPS) is 10.4. The number of aromatic nitrogens is 1. The van der Waals surface area contributed by atoms with Crippen molar-refractivity contribution in [1.29, 1.82) is 0 Å². The highest BCUT2D eigenvalue weighted by molar-refractivity contribution is 7.13. The fourth-order valence-corrected chi connectivity index (χ4v) is 2.28. The van der Waals surface area contributed by atoms with E-state index in [1.807, 2.05) is 12.3 Å². The number of carbonyl (C=O) groups excluding carboxylic acids is 1. The second-order valence-corrected chi connectivity index (χ2v) is 4.76. The quantitative estimate of drug-likeness (QED) is 0.878. The zero-order valence-corrected chi connectivity index (χ0v) is 11.0. The molecule has 0 saturated heterocycles. The number of carboxylic acids is 1. The molecule has 1 amide bonds. The molecule has 0 bridgehead atoms. The summed E-state index contributed by atoms with van der Waals surface area (Å²) in [5.74, 6) is -1.59. The van der Waals surface area contributed by atoms with E-state index in [0.717, 1.165) is 0 Å². The Bertz CT molecular complexity index is 589. The van der Waals surface area contributed by atoms with Crippen LogP contribution in [0.3, 0.4) is 0 Å². The molecule has 0 aromatic carbocycles. The molecular formula is C12H12N2O4S. The van der Waals surface area contributed by atoms with Crippen molar-refractivity contribution in [2.75, 3.05) is 5.32 Å². The minimum atomic E-state index is -1.18. The molecule has 0 radical (unpaired) electrons. The van der Waals surface area contributed by atoms with E-state index < -0.39 is 5.97 Å². The van der Waals surface area contributed by atoms with Crippen molar-refractivity contribution in [1.82, 2.24) is 5.16 Å². The first-order valence-electron chi connectivity index (χ1n) is 5.70. The second kappa shape index (κ2) is 5.66. The van der Waals surface area contributed by atoms with Crippen molar-refractivity contribution >= 4 is 29.1 Å². The molecule has 0 aliphatic rings. The van der Waals surface area contributed by atoms with Crippen molar-refractivity contribution in [3.8, 4) is 10.6 Å². The highest BCUT2D eigenvalue weighted by atomic mass is 32.1. The topological polar surface area (TPSA) is 92.4 Å². The summed E-state index contributed by atoms with van der Waals surface area (Å²) in [6.07, 6.45) is 0.967. The number of nitrogens with one attached hydrogen (secondary N) is 1. The Balaban J connectivity index is 2.35. The summed E-state index contributed by atoms with van der Waals surface area (Å²) < 4.78 is 4.94. The van der Waals surface area contributed by atoms with Crippen LogP contribution in [0, 0.1) is 0 Å². The van der Waals surface area contributed by atoms with Crippen LogP contribution >= 0.6 is 11.3 Å². The number of aromatic carboxylic acids is 1. The summed E-state index contributed by atoms with van der Waals surface area (Å²) in [6, 6.07) is 3.53. The third kappa shape index (κ3) is 2.82. The van der Waals surface area contributed by atoms with Gasteiger partial charge < -0.3 is 9.63 Å². The van der Waals surface area contributed by atoms with E-state index in [1.165, 1.54) is 11.3 Å². The maximum atomic E-state index is 11.5. The number of anilines is 1. The molecule has 2 heterocycles. The molecule has 6 nitrogen and oxygen atoms in total. The highest BCUT2D eigenvalue weighted by Gasteiger charge is 2.25. The molecule has 19 heavy (non-hydrogen) atoms. The van der Waals surface area contributed by atoms with Crippen molar-refractivity contribution in [2.24, 2.45) is 0 Å².